The number of nitrogens with one attached hydrogen (secondary N) is 2. The molecule has 20 heavy (non-hydrogen) atoms. The zero-order valence-electron chi connectivity index (χ0n) is 10.9. The zero-order chi connectivity index (χ0) is 14.4. The molecule has 106 valence electrons. The van der Waals surface area contributed by atoms with Gasteiger partial charge in [0.1, 0.15) is 6.33 Å². The SMILES string of the molecule is CCCCNc1ncnc(Nc2nccs2)c1[N+](=O)[O-]. The van der Waals surface area contributed by atoms with Gasteiger partial charge in [0.2, 0.25) is 11.6 Å². The van der Waals surface area contributed by atoms with E-state index < -0.39 is 4.92 Å². The molecule has 0 unspecified atom stereocenters. The maximum Gasteiger partial charge on any atom is 0.353 e. The van der Waals surface area contributed by atoms with Crippen LogP contribution in [0.4, 0.5) is 22.5 Å². The predicted octanol–water partition coefficient (Wildman–Crippen LogP) is 2.80. The molecule has 0 amide bonds. The van der Waals surface area contributed by atoms with Crippen molar-refractivity contribution in [2.24, 2.45) is 0 Å². The molecule has 0 aromatic carbocycles. The highest BCUT2D eigenvalue weighted by molar-refractivity contribution is 7.13. The molecule has 0 spiro atoms. The summed E-state index contributed by atoms with van der Waals surface area (Å²) in [6.07, 6.45) is 4.81. The first kappa shape index (κ1) is 14.1. The maximum absolute atomic E-state index is 11.2. The van der Waals surface area contributed by atoms with Crippen LogP contribution in [0.3, 0.4) is 0 Å². The summed E-state index contributed by atoms with van der Waals surface area (Å²) in [5.41, 5.74) is -0.168. The van der Waals surface area contributed by atoms with Crippen molar-refractivity contribution in [1.82, 2.24) is 15.0 Å². The Labute approximate surface area is 119 Å². The van der Waals surface area contributed by atoms with Gasteiger partial charge >= 0.3 is 5.69 Å². The third kappa shape index (κ3) is 3.38. The van der Waals surface area contributed by atoms with Crippen molar-refractivity contribution in [2.45, 2.75) is 19.8 Å². The van der Waals surface area contributed by atoms with Gasteiger partial charge in [-0.05, 0) is 6.42 Å². The van der Waals surface area contributed by atoms with Crippen LogP contribution in [0.15, 0.2) is 17.9 Å². The second kappa shape index (κ2) is 6.75. The maximum atomic E-state index is 11.2. The van der Waals surface area contributed by atoms with E-state index in [2.05, 4.69) is 25.6 Å². The van der Waals surface area contributed by atoms with Gasteiger partial charge in [-0.25, -0.2) is 15.0 Å². The molecule has 9 heteroatoms. The first-order chi connectivity index (χ1) is 9.72. The highest BCUT2D eigenvalue weighted by Gasteiger charge is 2.23. The molecule has 0 atom stereocenters. The number of nitro groups is 1. The molecule has 0 aliphatic carbocycles. The molecule has 2 rings (SSSR count). The summed E-state index contributed by atoms with van der Waals surface area (Å²) in [5.74, 6) is 0.358. The van der Waals surface area contributed by atoms with Crippen LogP contribution in [-0.4, -0.2) is 26.4 Å². The summed E-state index contributed by atoms with van der Waals surface area (Å²) in [6.45, 7) is 2.68. The molecule has 2 aromatic rings. The van der Waals surface area contributed by atoms with Crippen molar-refractivity contribution < 1.29 is 4.92 Å². The van der Waals surface area contributed by atoms with E-state index in [1.807, 2.05) is 6.92 Å². The van der Waals surface area contributed by atoms with Crippen molar-refractivity contribution in [2.75, 3.05) is 17.2 Å². The van der Waals surface area contributed by atoms with Gasteiger partial charge in [-0.2, -0.15) is 0 Å². The first-order valence-electron chi connectivity index (χ1n) is 6.12. The van der Waals surface area contributed by atoms with E-state index in [0.717, 1.165) is 12.8 Å². The van der Waals surface area contributed by atoms with Crippen LogP contribution < -0.4 is 10.6 Å². The number of rotatable bonds is 7. The Morgan fingerprint density at radius 1 is 1.35 bits per heavy atom. The quantitative estimate of drug-likeness (QED) is 0.459. The molecule has 2 heterocycles. The summed E-state index contributed by atoms with van der Waals surface area (Å²) < 4.78 is 0. The summed E-state index contributed by atoms with van der Waals surface area (Å²) in [7, 11) is 0. The van der Waals surface area contributed by atoms with Crippen molar-refractivity contribution in [3.05, 3.63) is 28.0 Å². The number of unbranched alkanes of at least 4 members (excludes halogenated alkanes) is 1. The van der Waals surface area contributed by atoms with E-state index in [1.54, 1.807) is 11.6 Å². The summed E-state index contributed by atoms with van der Waals surface area (Å²) in [4.78, 5) is 22.6. The largest absolute Gasteiger partial charge is 0.364 e. The average molecular weight is 294 g/mol. The Hall–Kier alpha value is -2.29. The first-order valence-corrected chi connectivity index (χ1v) is 7.00. The molecular weight excluding hydrogens is 280 g/mol. The van der Waals surface area contributed by atoms with Crippen LogP contribution in [0.5, 0.6) is 0 Å². The molecule has 8 nitrogen and oxygen atoms in total. The minimum atomic E-state index is -0.496. The predicted molar refractivity (Wildman–Crippen MR) is 77.5 cm³/mol. The van der Waals surface area contributed by atoms with E-state index >= 15 is 0 Å². The van der Waals surface area contributed by atoms with Crippen LogP contribution in [0, 0.1) is 10.1 Å². The second-order valence-corrected chi connectivity index (χ2v) is 4.81. The third-order valence-electron chi connectivity index (χ3n) is 2.49. The molecule has 0 aliphatic heterocycles. The fourth-order valence-electron chi connectivity index (χ4n) is 1.54. The standard InChI is InChI=1S/C11H14N6O2S/c1-2-3-4-12-9-8(17(18)19)10(15-7-14-9)16-11-13-5-6-20-11/h5-7H,2-4H2,1H3,(H2,12,13,14,15,16). The van der Waals surface area contributed by atoms with E-state index in [4.69, 9.17) is 0 Å². The van der Waals surface area contributed by atoms with Gasteiger partial charge in [-0.15, -0.1) is 11.3 Å². The molecule has 2 aromatic heterocycles. The van der Waals surface area contributed by atoms with Crippen LogP contribution in [-0.2, 0) is 0 Å². The Kier molecular flexibility index (Phi) is 4.77. The molecule has 0 fully saturated rings. The molecular formula is C11H14N6O2S. The molecule has 2 N–H and O–H groups in total. The van der Waals surface area contributed by atoms with E-state index in [0.29, 0.717) is 11.7 Å². The normalized spacial score (nSPS) is 10.2. The molecule has 0 bridgehead atoms. The van der Waals surface area contributed by atoms with E-state index in [-0.39, 0.29) is 17.3 Å². The fraction of sp³-hybridized carbons (Fsp3) is 0.364. The van der Waals surface area contributed by atoms with E-state index in [9.17, 15) is 10.1 Å². The number of hydrogen-bond acceptors (Lipinski definition) is 8. The van der Waals surface area contributed by atoms with E-state index in [1.165, 1.54) is 17.7 Å². The number of thiazole rings is 1. The van der Waals surface area contributed by atoms with Crippen LogP contribution >= 0.6 is 11.3 Å². The number of anilines is 3. The van der Waals surface area contributed by atoms with Gasteiger partial charge in [0.05, 0.1) is 4.92 Å². The van der Waals surface area contributed by atoms with Crippen LogP contribution in [0.2, 0.25) is 0 Å². The second-order valence-electron chi connectivity index (χ2n) is 3.92. The fourth-order valence-corrected chi connectivity index (χ4v) is 2.07. The Bertz CT molecular complexity index is 574. The Morgan fingerprint density at radius 2 is 2.15 bits per heavy atom. The van der Waals surface area contributed by atoms with Gasteiger partial charge in [-0.3, -0.25) is 10.1 Å². The lowest BCUT2D eigenvalue weighted by atomic mass is 10.3. The van der Waals surface area contributed by atoms with Crippen molar-refractivity contribution in [3.63, 3.8) is 0 Å². The lowest BCUT2D eigenvalue weighted by Gasteiger charge is -2.08. The smallest absolute Gasteiger partial charge is 0.353 e. The molecule has 0 radical (unpaired) electrons. The van der Waals surface area contributed by atoms with Crippen molar-refractivity contribution in [1.29, 1.82) is 0 Å². The summed E-state index contributed by atoms with van der Waals surface area (Å²) in [5, 5.41) is 19.4. The van der Waals surface area contributed by atoms with Crippen LogP contribution in [0.1, 0.15) is 19.8 Å². The molecule has 0 saturated heterocycles. The van der Waals surface area contributed by atoms with Gasteiger partial charge in [0.15, 0.2) is 5.13 Å². The monoisotopic (exact) mass is 294 g/mol. The topological polar surface area (TPSA) is 106 Å². The highest BCUT2D eigenvalue weighted by Crippen LogP contribution is 2.31. The Morgan fingerprint density at radius 3 is 2.80 bits per heavy atom. The third-order valence-corrected chi connectivity index (χ3v) is 3.17. The number of aromatic nitrogens is 3. The minimum Gasteiger partial charge on any atom is -0.364 e. The molecule has 0 saturated carbocycles. The lowest BCUT2D eigenvalue weighted by molar-refractivity contribution is -0.383. The lowest BCUT2D eigenvalue weighted by Crippen LogP contribution is -2.09. The zero-order valence-corrected chi connectivity index (χ0v) is 11.7. The van der Waals surface area contributed by atoms with Gasteiger partial charge < -0.3 is 10.6 Å². The van der Waals surface area contributed by atoms with Gasteiger partial charge in [0.25, 0.3) is 0 Å². The number of hydrogen-bond donors (Lipinski definition) is 2. The van der Waals surface area contributed by atoms with Crippen LogP contribution in [0.25, 0.3) is 0 Å². The van der Waals surface area contributed by atoms with Gasteiger partial charge in [0, 0.05) is 18.1 Å². The molecule has 0 aliphatic rings. The minimum absolute atomic E-state index is 0.138. The summed E-state index contributed by atoms with van der Waals surface area (Å²) in [6, 6.07) is 0. The van der Waals surface area contributed by atoms with Crippen molar-refractivity contribution >= 4 is 33.8 Å². The van der Waals surface area contributed by atoms with Crippen molar-refractivity contribution in [3.8, 4) is 0 Å². The number of nitrogens with zero attached hydrogens (tertiary/aromatic N) is 4. The average Bonchev–Trinajstić information content (AvgIpc) is 2.92. The Balaban J connectivity index is 2.26. The summed E-state index contributed by atoms with van der Waals surface area (Å²) >= 11 is 1.34. The van der Waals surface area contributed by atoms with Gasteiger partial charge in [-0.1, -0.05) is 13.3 Å². The highest BCUT2D eigenvalue weighted by atomic mass is 32.1.